The monoisotopic (exact) mass is 195 g/mol. The molecule has 2 atom stereocenters. The summed E-state index contributed by atoms with van der Waals surface area (Å²) < 4.78 is 1.94. The first-order valence-corrected chi connectivity index (χ1v) is 5.46. The molecule has 0 bridgehead atoms. The molecule has 0 aliphatic heterocycles. The Morgan fingerprint density at radius 2 is 2.14 bits per heavy atom. The van der Waals surface area contributed by atoms with E-state index in [0.29, 0.717) is 12.0 Å². The summed E-state index contributed by atoms with van der Waals surface area (Å²) in [6, 6.07) is 0.509. The Balaban J connectivity index is 2.51. The summed E-state index contributed by atoms with van der Waals surface area (Å²) in [4.78, 5) is 0. The standard InChI is InChI=1S/C11H21N3/c1-5-9(3)10(4)13-11-7-12-14(6-2)8-11/h7-10,13H,5-6H2,1-4H3. The van der Waals surface area contributed by atoms with Crippen LogP contribution in [-0.4, -0.2) is 15.8 Å². The van der Waals surface area contributed by atoms with E-state index in [1.54, 1.807) is 0 Å². The molecule has 1 aromatic rings. The Bertz CT molecular complexity index is 267. The normalized spacial score (nSPS) is 15.1. The van der Waals surface area contributed by atoms with Crippen molar-refractivity contribution in [3.8, 4) is 0 Å². The largest absolute Gasteiger partial charge is 0.380 e. The fourth-order valence-electron chi connectivity index (χ4n) is 1.37. The van der Waals surface area contributed by atoms with Gasteiger partial charge in [0, 0.05) is 18.8 Å². The molecule has 0 amide bonds. The Hall–Kier alpha value is -0.990. The predicted molar refractivity (Wildman–Crippen MR) is 60.4 cm³/mol. The van der Waals surface area contributed by atoms with Crippen LogP contribution in [-0.2, 0) is 6.54 Å². The summed E-state index contributed by atoms with van der Waals surface area (Å²) in [6.45, 7) is 9.73. The molecule has 3 nitrogen and oxygen atoms in total. The SMILES string of the molecule is CCC(C)C(C)Nc1cnn(CC)c1. The molecule has 1 aromatic heterocycles. The van der Waals surface area contributed by atoms with Gasteiger partial charge in [-0.1, -0.05) is 20.3 Å². The zero-order valence-corrected chi connectivity index (χ0v) is 9.62. The number of aryl methyl sites for hydroxylation is 1. The Kier molecular flexibility index (Phi) is 3.98. The second-order valence-electron chi connectivity index (χ2n) is 3.90. The van der Waals surface area contributed by atoms with Gasteiger partial charge < -0.3 is 5.32 Å². The van der Waals surface area contributed by atoms with Gasteiger partial charge in [-0.15, -0.1) is 0 Å². The first kappa shape index (κ1) is 11.1. The van der Waals surface area contributed by atoms with Crippen molar-refractivity contribution in [1.82, 2.24) is 9.78 Å². The van der Waals surface area contributed by atoms with E-state index in [1.165, 1.54) is 6.42 Å². The Morgan fingerprint density at radius 3 is 2.64 bits per heavy atom. The van der Waals surface area contributed by atoms with Crippen molar-refractivity contribution in [2.24, 2.45) is 5.92 Å². The van der Waals surface area contributed by atoms with E-state index in [4.69, 9.17) is 0 Å². The number of nitrogens with one attached hydrogen (secondary N) is 1. The van der Waals surface area contributed by atoms with Crippen LogP contribution in [0.5, 0.6) is 0 Å². The van der Waals surface area contributed by atoms with Gasteiger partial charge in [0.25, 0.3) is 0 Å². The summed E-state index contributed by atoms with van der Waals surface area (Å²) in [7, 11) is 0. The number of rotatable bonds is 5. The molecule has 0 aromatic carbocycles. The van der Waals surface area contributed by atoms with Crippen LogP contribution in [0.1, 0.15) is 34.1 Å². The lowest BCUT2D eigenvalue weighted by Gasteiger charge is -2.19. The predicted octanol–water partition coefficient (Wildman–Crippen LogP) is 2.75. The minimum Gasteiger partial charge on any atom is -0.380 e. The van der Waals surface area contributed by atoms with Crippen LogP contribution in [0.25, 0.3) is 0 Å². The zero-order chi connectivity index (χ0) is 10.6. The van der Waals surface area contributed by atoms with E-state index in [9.17, 15) is 0 Å². The maximum Gasteiger partial charge on any atom is 0.0728 e. The second kappa shape index (κ2) is 5.03. The highest BCUT2D eigenvalue weighted by atomic mass is 15.3. The van der Waals surface area contributed by atoms with Crippen LogP contribution in [0.4, 0.5) is 5.69 Å². The van der Waals surface area contributed by atoms with Gasteiger partial charge >= 0.3 is 0 Å². The number of anilines is 1. The molecule has 0 spiro atoms. The van der Waals surface area contributed by atoms with Crippen molar-refractivity contribution in [3.05, 3.63) is 12.4 Å². The number of hydrogen-bond acceptors (Lipinski definition) is 2. The van der Waals surface area contributed by atoms with E-state index in [-0.39, 0.29) is 0 Å². The lowest BCUT2D eigenvalue weighted by molar-refractivity contribution is 0.494. The minimum atomic E-state index is 0.509. The van der Waals surface area contributed by atoms with Crippen molar-refractivity contribution >= 4 is 5.69 Å². The van der Waals surface area contributed by atoms with Crippen LogP contribution in [0.15, 0.2) is 12.4 Å². The van der Waals surface area contributed by atoms with E-state index in [0.717, 1.165) is 12.2 Å². The second-order valence-corrected chi connectivity index (χ2v) is 3.90. The summed E-state index contributed by atoms with van der Waals surface area (Å²) in [5.41, 5.74) is 1.12. The molecule has 14 heavy (non-hydrogen) atoms. The van der Waals surface area contributed by atoms with Crippen LogP contribution in [0, 0.1) is 5.92 Å². The molecule has 0 aliphatic carbocycles. The lowest BCUT2D eigenvalue weighted by Crippen LogP contribution is -2.22. The maximum atomic E-state index is 4.23. The molecule has 1 N–H and O–H groups in total. The van der Waals surface area contributed by atoms with Gasteiger partial charge in [-0.05, 0) is 19.8 Å². The van der Waals surface area contributed by atoms with Crippen molar-refractivity contribution in [3.63, 3.8) is 0 Å². The molecule has 0 aliphatic rings. The molecule has 0 saturated carbocycles. The third kappa shape index (κ3) is 2.76. The average Bonchev–Trinajstić information content (AvgIpc) is 2.64. The molecule has 80 valence electrons. The van der Waals surface area contributed by atoms with Gasteiger partial charge in [-0.25, -0.2) is 0 Å². The molecule has 1 heterocycles. The molecule has 0 fully saturated rings. The summed E-state index contributed by atoms with van der Waals surface area (Å²) in [5.74, 6) is 0.694. The fourth-order valence-corrected chi connectivity index (χ4v) is 1.37. The van der Waals surface area contributed by atoms with E-state index < -0.39 is 0 Å². The van der Waals surface area contributed by atoms with Gasteiger partial charge in [0.2, 0.25) is 0 Å². The van der Waals surface area contributed by atoms with E-state index >= 15 is 0 Å². The highest BCUT2D eigenvalue weighted by Crippen LogP contribution is 2.13. The third-order valence-electron chi connectivity index (χ3n) is 2.85. The maximum absolute atomic E-state index is 4.23. The third-order valence-corrected chi connectivity index (χ3v) is 2.85. The quantitative estimate of drug-likeness (QED) is 0.783. The summed E-state index contributed by atoms with van der Waals surface area (Å²) in [6.07, 6.45) is 5.15. The van der Waals surface area contributed by atoms with Gasteiger partial charge in [0.15, 0.2) is 0 Å². The molecule has 0 radical (unpaired) electrons. The van der Waals surface area contributed by atoms with Crippen LogP contribution >= 0.6 is 0 Å². The zero-order valence-electron chi connectivity index (χ0n) is 9.62. The van der Waals surface area contributed by atoms with Crippen molar-refractivity contribution < 1.29 is 0 Å². The average molecular weight is 195 g/mol. The summed E-state index contributed by atoms with van der Waals surface area (Å²) >= 11 is 0. The first-order valence-electron chi connectivity index (χ1n) is 5.46. The highest BCUT2D eigenvalue weighted by Gasteiger charge is 2.10. The van der Waals surface area contributed by atoms with Gasteiger partial charge in [-0.2, -0.15) is 5.10 Å². The van der Waals surface area contributed by atoms with Gasteiger partial charge in [-0.3, -0.25) is 4.68 Å². The molecular formula is C11H21N3. The first-order chi connectivity index (χ1) is 6.67. The number of nitrogens with zero attached hydrogens (tertiary/aromatic N) is 2. The molecular weight excluding hydrogens is 174 g/mol. The van der Waals surface area contributed by atoms with E-state index in [2.05, 4.69) is 44.3 Å². The van der Waals surface area contributed by atoms with Crippen molar-refractivity contribution in [2.75, 3.05) is 5.32 Å². The summed E-state index contributed by atoms with van der Waals surface area (Å²) in [5, 5.41) is 7.69. The topological polar surface area (TPSA) is 29.9 Å². The fraction of sp³-hybridized carbons (Fsp3) is 0.727. The Morgan fingerprint density at radius 1 is 1.43 bits per heavy atom. The van der Waals surface area contributed by atoms with Gasteiger partial charge in [0.05, 0.1) is 11.9 Å². The van der Waals surface area contributed by atoms with Crippen LogP contribution in [0.2, 0.25) is 0 Å². The molecule has 3 heteroatoms. The lowest BCUT2D eigenvalue weighted by atomic mass is 10.0. The highest BCUT2D eigenvalue weighted by molar-refractivity contribution is 5.39. The molecule has 2 unspecified atom stereocenters. The smallest absolute Gasteiger partial charge is 0.0728 e. The van der Waals surface area contributed by atoms with Crippen LogP contribution in [0.3, 0.4) is 0 Å². The van der Waals surface area contributed by atoms with Crippen LogP contribution < -0.4 is 5.32 Å². The molecule has 1 rings (SSSR count). The number of aromatic nitrogens is 2. The van der Waals surface area contributed by atoms with Crippen molar-refractivity contribution in [2.45, 2.75) is 46.7 Å². The van der Waals surface area contributed by atoms with Gasteiger partial charge in [0.1, 0.15) is 0 Å². The Labute approximate surface area is 86.5 Å². The van der Waals surface area contributed by atoms with E-state index in [1.807, 2.05) is 10.9 Å². The molecule has 0 saturated heterocycles. The number of hydrogen-bond donors (Lipinski definition) is 1. The minimum absolute atomic E-state index is 0.509. The van der Waals surface area contributed by atoms with Crippen molar-refractivity contribution in [1.29, 1.82) is 0 Å².